The highest BCUT2D eigenvalue weighted by Gasteiger charge is 2.27. The number of anilines is 2. The largest absolute Gasteiger partial charge is 0.345 e. The van der Waals surface area contributed by atoms with Crippen LogP contribution < -0.4 is 4.90 Å². The first-order valence-electron chi connectivity index (χ1n) is 13.8. The van der Waals surface area contributed by atoms with Crippen LogP contribution in [-0.4, -0.2) is 46.9 Å². The standard InChI is InChI=1S/C34H35ClN4O/c1-37(32-17-21-36-22-18-32)31-14-9-29(10-15-31)26-39(34(40)16-11-27-7-12-30(35)13-8-27)33-19-23-38(24-20-33)25-28-5-3-2-4-6-28/h2-18,21-22,33H,19-20,23-26H2,1H3/b16-11+. The third-order valence-corrected chi connectivity index (χ3v) is 7.80. The van der Waals surface area contributed by atoms with Crippen LogP contribution in [0.15, 0.2) is 109 Å². The fourth-order valence-corrected chi connectivity index (χ4v) is 5.32. The number of benzene rings is 3. The van der Waals surface area contributed by atoms with Crippen molar-refractivity contribution in [3.63, 3.8) is 0 Å². The number of hydrogen-bond acceptors (Lipinski definition) is 4. The van der Waals surface area contributed by atoms with Gasteiger partial charge in [-0.2, -0.15) is 0 Å². The first-order chi connectivity index (χ1) is 19.5. The maximum absolute atomic E-state index is 13.6. The van der Waals surface area contributed by atoms with Crippen LogP contribution in [0.4, 0.5) is 11.4 Å². The number of carbonyl (C=O) groups is 1. The molecule has 1 amide bonds. The molecule has 1 aliphatic rings. The number of carbonyl (C=O) groups excluding carboxylic acids is 1. The lowest BCUT2D eigenvalue weighted by atomic mass is 10.0. The highest BCUT2D eigenvalue weighted by Crippen LogP contribution is 2.25. The molecule has 6 heteroatoms. The number of piperidine rings is 1. The summed E-state index contributed by atoms with van der Waals surface area (Å²) in [5.74, 6) is 0.0365. The van der Waals surface area contributed by atoms with Crippen LogP contribution in [0, 0.1) is 0 Å². The summed E-state index contributed by atoms with van der Waals surface area (Å²) in [5, 5.41) is 0.686. The molecule has 3 aromatic carbocycles. The van der Waals surface area contributed by atoms with Gasteiger partial charge >= 0.3 is 0 Å². The topological polar surface area (TPSA) is 39.7 Å². The smallest absolute Gasteiger partial charge is 0.247 e. The second kappa shape index (κ2) is 13.4. The van der Waals surface area contributed by atoms with Crippen molar-refractivity contribution in [2.75, 3.05) is 25.0 Å². The molecular formula is C34H35ClN4O. The molecule has 0 spiro atoms. The van der Waals surface area contributed by atoms with Crippen molar-refractivity contribution in [3.8, 4) is 0 Å². The SMILES string of the molecule is CN(c1ccncc1)c1ccc(CN(C(=O)/C=C/c2ccc(Cl)cc2)C2CCN(Cc3ccccc3)CC2)cc1. The lowest BCUT2D eigenvalue weighted by molar-refractivity contribution is -0.130. The van der Waals surface area contributed by atoms with E-state index in [-0.39, 0.29) is 11.9 Å². The predicted molar refractivity (Wildman–Crippen MR) is 165 cm³/mol. The van der Waals surface area contributed by atoms with E-state index in [0.717, 1.165) is 55.0 Å². The molecule has 0 radical (unpaired) electrons. The molecule has 1 aliphatic heterocycles. The van der Waals surface area contributed by atoms with Crippen molar-refractivity contribution in [2.45, 2.75) is 32.0 Å². The molecule has 2 heterocycles. The van der Waals surface area contributed by atoms with E-state index in [1.165, 1.54) is 5.56 Å². The minimum atomic E-state index is 0.0365. The molecule has 1 aromatic heterocycles. The number of likely N-dealkylation sites (tertiary alicyclic amines) is 1. The zero-order valence-corrected chi connectivity index (χ0v) is 23.6. The molecule has 0 bridgehead atoms. The Kier molecular flexibility index (Phi) is 9.27. The average molecular weight is 551 g/mol. The zero-order valence-electron chi connectivity index (χ0n) is 22.9. The number of aromatic nitrogens is 1. The molecule has 1 saturated heterocycles. The minimum absolute atomic E-state index is 0.0365. The Morgan fingerprint density at radius 1 is 0.875 bits per heavy atom. The van der Waals surface area contributed by atoms with Gasteiger partial charge in [0.1, 0.15) is 0 Å². The van der Waals surface area contributed by atoms with Crippen LogP contribution in [0.3, 0.4) is 0 Å². The summed E-state index contributed by atoms with van der Waals surface area (Å²) in [6, 6.07) is 30.8. The fourth-order valence-electron chi connectivity index (χ4n) is 5.19. The van der Waals surface area contributed by atoms with E-state index in [9.17, 15) is 4.79 Å². The van der Waals surface area contributed by atoms with Gasteiger partial charge in [-0.15, -0.1) is 0 Å². The van der Waals surface area contributed by atoms with Crippen LogP contribution in [0.2, 0.25) is 5.02 Å². The van der Waals surface area contributed by atoms with Gasteiger partial charge in [-0.3, -0.25) is 14.7 Å². The van der Waals surface area contributed by atoms with Crippen molar-refractivity contribution in [2.24, 2.45) is 0 Å². The Bertz CT molecular complexity index is 1380. The molecule has 0 unspecified atom stereocenters. The Labute approximate surface area is 242 Å². The first kappa shape index (κ1) is 27.6. The molecule has 0 atom stereocenters. The van der Waals surface area contributed by atoms with E-state index in [1.807, 2.05) is 54.4 Å². The Hall–Kier alpha value is -3.93. The Morgan fingerprint density at radius 2 is 1.52 bits per heavy atom. The van der Waals surface area contributed by atoms with Crippen LogP contribution in [-0.2, 0) is 17.9 Å². The normalized spacial score (nSPS) is 14.3. The van der Waals surface area contributed by atoms with Crippen molar-refractivity contribution in [1.29, 1.82) is 0 Å². The van der Waals surface area contributed by atoms with Gasteiger partial charge in [-0.25, -0.2) is 0 Å². The van der Waals surface area contributed by atoms with Crippen LogP contribution >= 0.6 is 11.6 Å². The Morgan fingerprint density at radius 3 is 2.20 bits per heavy atom. The van der Waals surface area contributed by atoms with Crippen molar-refractivity contribution in [3.05, 3.63) is 131 Å². The summed E-state index contributed by atoms with van der Waals surface area (Å²) in [6.45, 7) is 3.47. The van der Waals surface area contributed by atoms with Gasteiger partial charge in [0.15, 0.2) is 0 Å². The highest BCUT2D eigenvalue weighted by molar-refractivity contribution is 6.30. The van der Waals surface area contributed by atoms with Crippen LogP contribution in [0.5, 0.6) is 0 Å². The number of pyridine rings is 1. The third kappa shape index (κ3) is 7.38. The molecule has 0 aliphatic carbocycles. The van der Waals surface area contributed by atoms with Crippen molar-refractivity contribution < 1.29 is 4.79 Å². The van der Waals surface area contributed by atoms with Gasteiger partial charge in [0.2, 0.25) is 5.91 Å². The van der Waals surface area contributed by atoms with Crippen LogP contribution in [0.25, 0.3) is 6.08 Å². The quantitative estimate of drug-likeness (QED) is 0.206. The average Bonchev–Trinajstić information content (AvgIpc) is 3.01. The van der Waals surface area contributed by atoms with E-state index in [2.05, 4.69) is 69.4 Å². The van der Waals surface area contributed by atoms with E-state index in [1.54, 1.807) is 18.5 Å². The number of rotatable bonds is 9. The predicted octanol–water partition coefficient (Wildman–Crippen LogP) is 7.21. The summed E-state index contributed by atoms with van der Waals surface area (Å²) < 4.78 is 0. The molecule has 4 aromatic rings. The molecule has 5 rings (SSSR count). The van der Waals surface area contributed by atoms with E-state index in [4.69, 9.17) is 11.6 Å². The minimum Gasteiger partial charge on any atom is -0.345 e. The van der Waals surface area contributed by atoms with Gasteiger partial charge in [-0.1, -0.05) is 66.2 Å². The summed E-state index contributed by atoms with van der Waals surface area (Å²) >= 11 is 6.04. The molecule has 0 N–H and O–H groups in total. The molecule has 204 valence electrons. The lowest BCUT2D eigenvalue weighted by Gasteiger charge is -2.38. The first-order valence-corrected chi connectivity index (χ1v) is 14.2. The summed E-state index contributed by atoms with van der Waals surface area (Å²) in [5.41, 5.74) is 5.57. The van der Waals surface area contributed by atoms with Gasteiger partial charge in [0.05, 0.1) is 0 Å². The maximum atomic E-state index is 13.6. The second-order valence-electron chi connectivity index (χ2n) is 10.3. The number of amides is 1. The summed E-state index contributed by atoms with van der Waals surface area (Å²) in [4.78, 5) is 24.4. The summed E-state index contributed by atoms with van der Waals surface area (Å²) in [6.07, 6.45) is 9.08. The number of halogens is 1. The van der Waals surface area contributed by atoms with Crippen molar-refractivity contribution in [1.82, 2.24) is 14.8 Å². The molecule has 5 nitrogen and oxygen atoms in total. The van der Waals surface area contributed by atoms with Gasteiger partial charge in [-0.05, 0) is 72.0 Å². The summed E-state index contributed by atoms with van der Waals surface area (Å²) in [7, 11) is 2.05. The Balaban J connectivity index is 1.29. The van der Waals surface area contributed by atoms with E-state index >= 15 is 0 Å². The monoisotopic (exact) mass is 550 g/mol. The number of hydrogen-bond donors (Lipinski definition) is 0. The maximum Gasteiger partial charge on any atom is 0.247 e. The van der Waals surface area contributed by atoms with Crippen LogP contribution in [0.1, 0.15) is 29.5 Å². The highest BCUT2D eigenvalue weighted by atomic mass is 35.5. The second-order valence-corrected chi connectivity index (χ2v) is 10.7. The zero-order chi connectivity index (χ0) is 27.7. The van der Waals surface area contributed by atoms with Gasteiger partial charge in [0.25, 0.3) is 0 Å². The van der Waals surface area contributed by atoms with E-state index in [0.29, 0.717) is 11.6 Å². The molecule has 0 saturated carbocycles. The van der Waals surface area contributed by atoms with Crippen molar-refractivity contribution >= 4 is 35.0 Å². The third-order valence-electron chi connectivity index (χ3n) is 7.54. The number of nitrogens with zero attached hydrogens (tertiary/aromatic N) is 4. The van der Waals surface area contributed by atoms with E-state index < -0.39 is 0 Å². The molecule has 40 heavy (non-hydrogen) atoms. The van der Waals surface area contributed by atoms with Gasteiger partial charge in [0, 0.05) is 74.1 Å². The molecular weight excluding hydrogens is 516 g/mol. The molecule has 1 fully saturated rings. The fraction of sp³-hybridized carbons (Fsp3) is 0.235. The van der Waals surface area contributed by atoms with Gasteiger partial charge < -0.3 is 9.80 Å². The lowest BCUT2D eigenvalue weighted by Crippen LogP contribution is -2.46.